The molecule has 1 aliphatic rings. The van der Waals surface area contributed by atoms with Gasteiger partial charge >= 0.3 is 0 Å². The molecule has 0 bridgehead atoms. The number of alkyl halides is 1. The minimum Gasteiger partial charge on any atom is -0.210 e. The Kier molecular flexibility index (Phi) is 1.86. The van der Waals surface area contributed by atoms with Crippen LogP contribution >= 0.6 is 11.6 Å². The SMILES string of the molecule is FC1=C[CH]C(Cl)C(F)=C1. The standard InChI is InChI=1S/C6H4ClF2/c7-5-2-1-4(8)3-6(5)9/h1-3,5H. The number of hydrogen-bond acceptors (Lipinski definition) is 0. The molecule has 0 saturated carbocycles. The fourth-order valence-electron chi connectivity index (χ4n) is 0.528. The smallest absolute Gasteiger partial charge is 0.122 e. The molecule has 0 fully saturated rings. The van der Waals surface area contributed by atoms with E-state index in [4.69, 9.17) is 11.6 Å². The minimum absolute atomic E-state index is 0.593. The van der Waals surface area contributed by atoms with E-state index in [-0.39, 0.29) is 0 Å². The van der Waals surface area contributed by atoms with Crippen molar-refractivity contribution in [1.29, 1.82) is 0 Å². The second-order valence-corrected chi connectivity index (χ2v) is 2.15. The first kappa shape index (κ1) is 6.75. The van der Waals surface area contributed by atoms with Crippen molar-refractivity contribution in [2.75, 3.05) is 0 Å². The third kappa shape index (κ3) is 1.52. The Balaban J connectivity index is 2.74. The van der Waals surface area contributed by atoms with Crippen LogP contribution in [-0.4, -0.2) is 5.38 Å². The molecule has 9 heavy (non-hydrogen) atoms. The molecule has 0 amide bonds. The maximum absolute atomic E-state index is 12.2. The van der Waals surface area contributed by atoms with Crippen LogP contribution in [0, 0.1) is 6.42 Å². The predicted molar refractivity (Wildman–Crippen MR) is 32.3 cm³/mol. The van der Waals surface area contributed by atoms with Crippen LogP contribution in [-0.2, 0) is 0 Å². The van der Waals surface area contributed by atoms with Gasteiger partial charge in [-0.05, 0) is 6.08 Å². The lowest BCUT2D eigenvalue weighted by Gasteiger charge is -2.06. The molecule has 1 aliphatic carbocycles. The van der Waals surface area contributed by atoms with E-state index in [1.165, 1.54) is 6.42 Å². The zero-order valence-corrected chi connectivity index (χ0v) is 5.20. The van der Waals surface area contributed by atoms with Crippen LogP contribution < -0.4 is 0 Å². The van der Waals surface area contributed by atoms with Gasteiger partial charge < -0.3 is 0 Å². The Morgan fingerprint density at radius 2 is 2.11 bits per heavy atom. The normalized spacial score (nSPS) is 27.2. The molecule has 0 nitrogen and oxygen atoms in total. The largest absolute Gasteiger partial charge is 0.210 e. The molecule has 0 spiro atoms. The quantitative estimate of drug-likeness (QED) is 0.465. The van der Waals surface area contributed by atoms with Gasteiger partial charge in [-0.3, -0.25) is 0 Å². The van der Waals surface area contributed by atoms with E-state index in [1.807, 2.05) is 0 Å². The van der Waals surface area contributed by atoms with Gasteiger partial charge in [0.05, 0.1) is 5.38 Å². The van der Waals surface area contributed by atoms with Gasteiger partial charge in [0, 0.05) is 12.5 Å². The van der Waals surface area contributed by atoms with Crippen LogP contribution in [0.3, 0.4) is 0 Å². The molecule has 0 aromatic heterocycles. The topological polar surface area (TPSA) is 0 Å². The monoisotopic (exact) mass is 149 g/mol. The third-order valence-corrected chi connectivity index (χ3v) is 1.32. The van der Waals surface area contributed by atoms with Crippen molar-refractivity contribution in [2.24, 2.45) is 0 Å². The Morgan fingerprint density at radius 3 is 2.56 bits per heavy atom. The van der Waals surface area contributed by atoms with E-state index >= 15 is 0 Å². The summed E-state index contributed by atoms with van der Waals surface area (Å²) in [6, 6.07) is 0. The van der Waals surface area contributed by atoms with Gasteiger partial charge in [0.15, 0.2) is 0 Å². The van der Waals surface area contributed by atoms with Crippen molar-refractivity contribution in [1.82, 2.24) is 0 Å². The summed E-state index contributed by atoms with van der Waals surface area (Å²) in [7, 11) is 0. The number of hydrogen-bond donors (Lipinski definition) is 0. The summed E-state index contributed by atoms with van der Waals surface area (Å²) in [5.74, 6) is -1.24. The van der Waals surface area contributed by atoms with Gasteiger partial charge in [-0.15, -0.1) is 11.6 Å². The summed E-state index contributed by atoms with van der Waals surface area (Å²) in [5, 5.41) is -0.788. The summed E-state index contributed by atoms with van der Waals surface area (Å²) in [4.78, 5) is 0. The lowest BCUT2D eigenvalue weighted by atomic mass is 10.1. The highest BCUT2D eigenvalue weighted by molar-refractivity contribution is 6.23. The highest BCUT2D eigenvalue weighted by atomic mass is 35.5. The Bertz CT molecular complexity index is 172. The molecule has 0 saturated heterocycles. The van der Waals surface area contributed by atoms with Gasteiger partial charge in [0.2, 0.25) is 0 Å². The second-order valence-electron chi connectivity index (χ2n) is 1.67. The van der Waals surface area contributed by atoms with Crippen LogP contribution in [0.4, 0.5) is 8.78 Å². The van der Waals surface area contributed by atoms with E-state index in [9.17, 15) is 8.78 Å². The molecule has 0 N–H and O–H groups in total. The molecule has 1 radical (unpaired) electrons. The lowest BCUT2D eigenvalue weighted by molar-refractivity contribution is 0.584. The number of allylic oxidation sites excluding steroid dienone is 4. The molecule has 3 heteroatoms. The summed E-state index contributed by atoms with van der Waals surface area (Å²) >= 11 is 5.32. The zero-order valence-electron chi connectivity index (χ0n) is 4.44. The van der Waals surface area contributed by atoms with Gasteiger partial charge in [0.25, 0.3) is 0 Å². The predicted octanol–water partition coefficient (Wildman–Crippen LogP) is 2.52. The summed E-state index contributed by atoms with van der Waals surface area (Å²) in [5.41, 5.74) is 0. The van der Waals surface area contributed by atoms with Gasteiger partial charge in [0.1, 0.15) is 11.7 Å². The van der Waals surface area contributed by atoms with Crippen LogP contribution in [0.15, 0.2) is 23.8 Å². The fourth-order valence-corrected chi connectivity index (χ4v) is 0.664. The molecule has 49 valence electrons. The van der Waals surface area contributed by atoms with Crippen molar-refractivity contribution < 1.29 is 8.78 Å². The van der Waals surface area contributed by atoms with E-state index in [0.717, 1.165) is 12.2 Å². The molecule has 1 atom stereocenters. The average molecular weight is 150 g/mol. The van der Waals surface area contributed by atoms with Crippen molar-refractivity contribution in [3.8, 4) is 0 Å². The molecule has 0 heterocycles. The third-order valence-electron chi connectivity index (χ3n) is 0.964. The molecular formula is C6H4ClF2. The highest BCUT2D eigenvalue weighted by Gasteiger charge is 2.14. The van der Waals surface area contributed by atoms with Gasteiger partial charge in [-0.25, -0.2) is 8.78 Å². The molecule has 1 unspecified atom stereocenters. The maximum Gasteiger partial charge on any atom is 0.122 e. The summed E-state index contributed by atoms with van der Waals surface area (Å²) < 4.78 is 24.3. The summed E-state index contributed by atoms with van der Waals surface area (Å²) in [6.45, 7) is 0. The zero-order chi connectivity index (χ0) is 6.85. The molecular weight excluding hydrogens is 146 g/mol. The minimum atomic E-state index is -0.788. The first-order valence-corrected chi connectivity index (χ1v) is 2.85. The van der Waals surface area contributed by atoms with Crippen LogP contribution in [0.1, 0.15) is 0 Å². The molecule has 0 aromatic rings. The van der Waals surface area contributed by atoms with E-state index < -0.39 is 17.0 Å². The molecule has 0 aromatic carbocycles. The van der Waals surface area contributed by atoms with Crippen LogP contribution in [0.25, 0.3) is 0 Å². The fraction of sp³-hybridized carbons (Fsp3) is 0.167. The highest BCUT2D eigenvalue weighted by Crippen LogP contribution is 2.22. The first-order chi connectivity index (χ1) is 4.20. The number of halogens is 3. The van der Waals surface area contributed by atoms with Crippen molar-refractivity contribution in [3.05, 3.63) is 30.2 Å². The molecule has 1 rings (SSSR count). The van der Waals surface area contributed by atoms with Crippen molar-refractivity contribution in [2.45, 2.75) is 5.38 Å². The Hall–Kier alpha value is -0.370. The average Bonchev–Trinajstić information content (AvgIpc) is 1.80. The Labute approximate surface area is 56.8 Å². The van der Waals surface area contributed by atoms with E-state index in [0.29, 0.717) is 0 Å². The van der Waals surface area contributed by atoms with Crippen molar-refractivity contribution in [3.63, 3.8) is 0 Å². The Morgan fingerprint density at radius 1 is 1.44 bits per heavy atom. The maximum atomic E-state index is 12.2. The lowest BCUT2D eigenvalue weighted by Crippen LogP contribution is -2.02. The van der Waals surface area contributed by atoms with Crippen molar-refractivity contribution >= 4 is 11.6 Å². The van der Waals surface area contributed by atoms with Crippen LogP contribution in [0.2, 0.25) is 0 Å². The van der Waals surface area contributed by atoms with Gasteiger partial charge in [-0.2, -0.15) is 0 Å². The van der Waals surface area contributed by atoms with E-state index in [1.54, 1.807) is 0 Å². The van der Waals surface area contributed by atoms with Crippen LogP contribution in [0.5, 0.6) is 0 Å². The second kappa shape index (κ2) is 2.48. The summed E-state index contributed by atoms with van der Waals surface area (Å²) in [6.07, 6.45) is 3.17. The van der Waals surface area contributed by atoms with Gasteiger partial charge in [-0.1, -0.05) is 0 Å². The first-order valence-electron chi connectivity index (χ1n) is 2.42. The molecule has 0 aliphatic heterocycles. The van der Waals surface area contributed by atoms with E-state index in [2.05, 4.69) is 0 Å². The number of rotatable bonds is 0.